The molecule has 0 spiro atoms. The van der Waals surface area contributed by atoms with Crippen LogP contribution >= 0.6 is 0 Å². The molecule has 214 valence electrons. The minimum absolute atomic E-state index is 0.0221. The molecule has 0 unspecified atom stereocenters. The van der Waals surface area contributed by atoms with E-state index in [1.165, 1.54) is 0 Å². The summed E-state index contributed by atoms with van der Waals surface area (Å²) in [6.07, 6.45) is 1.45. The molecule has 1 aliphatic carbocycles. The SMILES string of the molecule is CCCOc1ccc([C@@H]2C(C(=O)OC(C)C)=C(C)NC3=C2C(=O)C[C@@H](c2ccc(OC)c(OC)c2)C3)cc1OC. The van der Waals surface area contributed by atoms with Crippen molar-refractivity contribution in [3.8, 4) is 23.0 Å². The van der Waals surface area contributed by atoms with Crippen LogP contribution in [-0.2, 0) is 14.3 Å². The second kappa shape index (κ2) is 12.5. The number of carbonyl (C=O) groups is 2. The van der Waals surface area contributed by atoms with Gasteiger partial charge in [-0.05, 0) is 74.9 Å². The van der Waals surface area contributed by atoms with Crippen molar-refractivity contribution in [2.24, 2.45) is 0 Å². The molecule has 2 aromatic rings. The fourth-order valence-electron chi connectivity index (χ4n) is 5.46. The van der Waals surface area contributed by atoms with Crippen molar-refractivity contribution in [2.45, 2.75) is 64.9 Å². The van der Waals surface area contributed by atoms with Gasteiger partial charge in [-0.2, -0.15) is 0 Å². The summed E-state index contributed by atoms with van der Waals surface area (Å²) in [6, 6.07) is 11.4. The van der Waals surface area contributed by atoms with E-state index in [9.17, 15) is 9.59 Å². The van der Waals surface area contributed by atoms with E-state index in [0.29, 0.717) is 59.3 Å². The molecule has 2 atom stereocenters. The molecule has 4 rings (SSSR count). The third-order valence-electron chi connectivity index (χ3n) is 7.25. The Labute approximate surface area is 236 Å². The number of carbonyl (C=O) groups excluding carboxylic acids is 2. The van der Waals surface area contributed by atoms with Crippen molar-refractivity contribution in [3.05, 3.63) is 70.1 Å². The van der Waals surface area contributed by atoms with Gasteiger partial charge in [0.15, 0.2) is 28.8 Å². The monoisotopic (exact) mass is 549 g/mol. The van der Waals surface area contributed by atoms with Gasteiger partial charge in [0.2, 0.25) is 0 Å². The van der Waals surface area contributed by atoms with Crippen LogP contribution in [0, 0.1) is 0 Å². The number of ketones is 1. The number of methoxy groups -OCH3 is 3. The summed E-state index contributed by atoms with van der Waals surface area (Å²) in [5.74, 6) is 1.29. The zero-order chi connectivity index (χ0) is 29.0. The van der Waals surface area contributed by atoms with Crippen LogP contribution in [-0.4, -0.2) is 45.8 Å². The molecule has 0 amide bonds. The molecule has 8 nitrogen and oxygen atoms in total. The summed E-state index contributed by atoms with van der Waals surface area (Å²) in [7, 11) is 4.78. The maximum atomic E-state index is 13.9. The lowest BCUT2D eigenvalue weighted by Crippen LogP contribution is -2.36. The Morgan fingerprint density at radius 1 is 0.925 bits per heavy atom. The summed E-state index contributed by atoms with van der Waals surface area (Å²) in [6.45, 7) is 8.07. The van der Waals surface area contributed by atoms with E-state index in [0.717, 1.165) is 23.2 Å². The van der Waals surface area contributed by atoms with Crippen LogP contribution in [0.25, 0.3) is 0 Å². The first-order chi connectivity index (χ1) is 19.2. The van der Waals surface area contributed by atoms with Crippen LogP contribution < -0.4 is 24.3 Å². The molecular formula is C32H39NO7. The molecule has 0 saturated carbocycles. The van der Waals surface area contributed by atoms with Gasteiger partial charge in [-0.25, -0.2) is 4.79 Å². The van der Waals surface area contributed by atoms with Crippen LogP contribution in [0.4, 0.5) is 0 Å². The van der Waals surface area contributed by atoms with Crippen LogP contribution in [0.3, 0.4) is 0 Å². The lowest BCUT2D eigenvalue weighted by atomic mass is 9.71. The molecule has 1 N–H and O–H groups in total. The minimum atomic E-state index is -0.601. The van der Waals surface area contributed by atoms with E-state index < -0.39 is 11.9 Å². The van der Waals surface area contributed by atoms with E-state index in [1.807, 2.05) is 64.1 Å². The first kappa shape index (κ1) is 29.1. The van der Waals surface area contributed by atoms with Gasteiger partial charge < -0.3 is 29.0 Å². The van der Waals surface area contributed by atoms with Gasteiger partial charge in [-0.15, -0.1) is 0 Å². The molecule has 1 aliphatic heterocycles. The summed E-state index contributed by atoms with van der Waals surface area (Å²) in [5, 5.41) is 3.40. The number of rotatable bonds is 10. The zero-order valence-electron chi connectivity index (χ0n) is 24.4. The molecule has 0 fully saturated rings. The number of nitrogens with one attached hydrogen (secondary N) is 1. The molecule has 2 aromatic carbocycles. The zero-order valence-corrected chi connectivity index (χ0v) is 24.4. The van der Waals surface area contributed by atoms with Crippen molar-refractivity contribution in [3.63, 3.8) is 0 Å². The molecule has 0 aromatic heterocycles. The predicted molar refractivity (Wildman–Crippen MR) is 152 cm³/mol. The number of ether oxygens (including phenoxy) is 5. The van der Waals surface area contributed by atoms with E-state index in [4.69, 9.17) is 23.7 Å². The normalized spacial score (nSPS) is 18.8. The quantitative estimate of drug-likeness (QED) is 0.371. The van der Waals surface area contributed by atoms with Gasteiger partial charge in [0.1, 0.15) is 0 Å². The highest BCUT2D eigenvalue weighted by atomic mass is 16.5. The summed E-state index contributed by atoms with van der Waals surface area (Å²) in [5.41, 5.74) is 4.24. The number of Topliss-reactive ketones (excluding diaryl/α,β-unsaturated/α-hetero) is 1. The number of dihydropyridines is 1. The third kappa shape index (κ3) is 5.81. The molecule has 2 aliphatic rings. The molecule has 0 radical (unpaired) electrons. The van der Waals surface area contributed by atoms with Crippen LogP contribution in [0.2, 0.25) is 0 Å². The van der Waals surface area contributed by atoms with Gasteiger partial charge >= 0.3 is 5.97 Å². The summed E-state index contributed by atoms with van der Waals surface area (Å²) in [4.78, 5) is 27.4. The molecule has 8 heteroatoms. The Morgan fingerprint density at radius 3 is 2.20 bits per heavy atom. The average Bonchev–Trinajstić information content (AvgIpc) is 2.94. The maximum Gasteiger partial charge on any atom is 0.337 e. The Bertz CT molecular complexity index is 1340. The second-order valence-corrected chi connectivity index (χ2v) is 10.3. The standard InChI is InChI=1S/C32H39NO7/c1-8-13-39-26-12-10-21(17-28(26)38-7)30-29(32(35)40-18(2)3)19(4)33-23-14-22(15-24(34)31(23)30)20-9-11-25(36-5)27(16-20)37-6/h9-12,16-18,22,30,33H,8,13-15H2,1-7H3/t22-,30+/m0/s1. The lowest BCUT2D eigenvalue weighted by molar-refractivity contribution is -0.143. The fraction of sp³-hybridized carbons (Fsp3) is 0.438. The molecular weight excluding hydrogens is 510 g/mol. The molecule has 40 heavy (non-hydrogen) atoms. The number of hydrogen-bond acceptors (Lipinski definition) is 8. The minimum Gasteiger partial charge on any atom is -0.493 e. The van der Waals surface area contributed by atoms with Crippen molar-refractivity contribution >= 4 is 11.8 Å². The highest BCUT2D eigenvalue weighted by Gasteiger charge is 2.42. The largest absolute Gasteiger partial charge is 0.493 e. The molecule has 1 heterocycles. The van der Waals surface area contributed by atoms with Crippen LogP contribution in [0.15, 0.2) is 58.9 Å². The molecule has 0 saturated heterocycles. The predicted octanol–water partition coefficient (Wildman–Crippen LogP) is 5.81. The van der Waals surface area contributed by atoms with E-state index in [1.54, 1.807) is 21.3 Å². The van der Waals surface area contributed by atoms with Crippen molar-refractivity contribution < 1.29 is 33.3 Å². The first-order valence-corrected chi connectivity index (χ1v) is 13.7. The Balaban J connectivity index is 1.79. The fourth-order valence-corrected chi connectivity index (χ4v) is 5.46. The third-order valence-corrected chi connectivity index (χ3v) is 7.25. The first-order valence-electron chi connectivity index (χ1n) is 13.7. The number of allylic oxidation sites excluding steroid dienone is 3. The number of esters is 1. The molecule has 0 bridgehead atoms. The van der Waals surface area contributed by atoms with Crippen LogP contribution in [0.5, 0.6) is 23.0 Å². The topological polar surface area (TPSA) is 92.3 Å². The highest BCUT2D eigenvalue weighted by Crippen LogP contribution is 2.47. The number of benzene rings is 2. The Hall–Kier alpha value is -3.94. The number of hydrogen-bond donors (Lipinski definition) is 1. The van der Waals surface area contributed by atoms with E-state index >= 15 is 0 Å². The van der Waals surface area contributed by atoms with Gasteiger partial charge in [-0.1, -0.05) is 19.1 Å². The van der Waals surface area contributed by atoms with Gasteiger partial charge in [-0.3, -0.25) is 4.79 Å². The lowest BCUT2D eigenvalue weighted by Gasteiger charge is -2.37. The maximum absolute atomic E-state index is 13.9. The summed E-state index contributed by atoms with van der Waals surface area (Å²) < 4.78 is 28.0. The summed E-state index contributed by atoms with van der Waals surface area (Å²) >= 11 is 0. The van der Waals surface area contributed by atoms with Crippen LogP contribution in [0.1, 0.15) is 69.9 Å². The Morgan fingerprint density at radius 2 is 1.55 bits per heavy atom. The van der Waals surface area contributed by atoms with Gasteiger partial charge in [0, 0.05) is 29.3 Å². The highest BCUT2D eigenvalue weighted by molar-refractivity contribution is 6.04. The van der Waals surface area contributed by atoms with Gasteiger partial charge in [0.05, 0.1) is 39.6 Å². The van der Waals surface area contributed by atoms with Crippen molar-refractivity contribution in [1.82, 2.24) is 5.32 Å². The van der Waals surface area contributed by atoms with E-state index in [2.05, 4.69) is 5.32 Å². The van der Waals surface area contributed by atoms with Crippen molar-refractivity contribution in [1.29, 1.82) is 0 Å². The van der Waals surface area contributed by atoms with Gasteiger partial charge in [0.25, 0.3) is 0 Å². The smallest absolute Gasteiger partial charge is 0.337 e. The Kier molecular flexibility index (Phi) is 9.07. The van der Waals surface area contributed by atoms with Crippen molar-refractivity contribution in [2.75, 3.05) is 27.9 Å². The average molecular weight is 550 g/mol. The second-order valence-electron chi connectivity index (χ2n) is 10.3. The van der Waals surface area contributed by atoms with E-state index in [-0.39, 0.29) is 17.8 Å².